The van der Waals surface area contributed by atoms with E-state index in [1.165, 1.54) is 4.90 Å². The van der Waals surface area contributed by atoms with Crippen LogP contribution in [0.3, 0.4) is 0 Å². The number of imidazole rings is 1. The van der Waals surface area contributed by atoms with E-state index in [0.717, 1.165) is 25.7 Å². The number of aromatic nitrogens is 2. The molecule has 2 amide bonds. The molecule has 1 fully saturated rings. The molecule has 0 spiro atoms. The van der Waals surface area contributed by atoms with Gasteiger partial charge in [0.05, 0.1) is 6.54 Å². The fraction of sp³-hybridized carbons (Fsp3) is 0.583. The second-order valence-electron chi connectivity index (χ2n) is 4.65. The highest BCUT2D eigenvalue weighted by Gasteiger charge is 2.28. The van der Waals surface area contributed by atoms with Crippen LogP contribution in [-0.2, 0) is 11.3 Å². The van der Waals surface area contributed by atoms with E-state index in [1.54, 1.807) is 12.4 Å². The van der Waals surface area contributed by atoms with Crippen molar-refractivity contribution in [3.8, 4) is 0 Å². The van der Waals surface area contributed by atoms with Crippen LogP contribution in [0.2, 0.25) is 0 Å². The van der Waals surface area contributed by atoms with E-state index >= 15 is 0 Å². The molecule has 3 N–H and O–H groups in total. The number of hydrogen-bond acceptors (Lipinski definition) is 3. The molecule has 1 aromatic heterocycles. The van der Waals surface area contributed by atoms with Crippen LogP contribution in [0, 0.1) is 0 Å². The first-order valence-electron chi connectivity index (χ1n) is 6.41. The molecule has 1 saturated carbocycles. The summed E-state index contributed by atoms with van der Waals surface area (Å²) in [6.45, 7) is 0.0172. The molecule has 0 atom stereocenters. The van der Waals surface area contributed by atoms with E-state index in [9.17, 15) is 9.59 Å². The second-order valence-corrected chi connectivity index (χ2v) is 4.65. The Balaban J connectivity index is 1.92. The van der Waals surface area contributed by atoms with Gasteiger partial charge in [-0.2, -0.15) is 0 Å². The van der Waals surface area contributed by atoms with Crippen LogP contribution in [0.25, 0.3) is 0 Å². The van der Waals surface area contributed by atoms with Gasteiger partial charge in [-0.3, -0.25) is 4.79 Å². The number of aliphatic carboxylic acids is 1. The van der Waals surface area contributed by atoms with E-state index in [0.29, 0.717) is 5.82 Å². The van der Waals surface area contributed by atoms with Crippen molar-refractivity contribution in [1.29, 1.82) is 0 Å². The van der Waals surface area contributed by atoms with Crippen LogP contribution in [0.1, 0.15) is 31.5 Å². The van der Waals surface area contributed by atoms with Gasteiger partial charge >= 0.3 is 12.0 Å². The van der Waals surface area contributed by atoms with Gasteiger partial charge in [-0.05, 0) is 12.8 Å². The maximum Gasteiger partial charge on any atom is 0.323 e. The second kappa shape index (κ2) is 6.21. The summed E-state index contributed by atoms with van der Waals surface area (Å²) in [7, 11) is 0. The third kappa shape index (κ3) is 3.70. The summed E-state index contributed by atoms with van der Waals surface area (Å²) >= 11 is 0. The molecule has 2 rings (SSSR count). The average molecular weight is 266 g/mol. The molecular formula is C12H18N4O3. The fourth-order valence-corrected chi connectivity index (χ4v) is 2.38. The zero-order chi connectivity index (χ0) is 13.7. The van der Waals surface area contributed by atoms with Gasteiger partial charge in [0, 0.05) is 18.4 Å². The van der Waals surface area contributed by atoms with Crippen LogP contribution in [0.5, 0.6) is 0 Å². The quantitative estimate of drug-likeness (QED) is 0.739. The van der Waals surface area contributed by atoms with Crippen molar-refractivity contribution in [2.75, 3.05) is 6.54 Å². The number of nitrogens with zero attached hydrogens (tertiary/aromatic N) is 2. The van der Waals surface area contributed by atoms with Gasteiger partial charge in [0.2, 0.25) is 0 Å². The molecule has 7 nitrogen and oxygen atoms in total. The van der Waals surface area contributed by atoms with Crippen molar-refractivity contribution in [1.82, 2.24) is 20.2 Å². The lowest BCUT2D eigenvalue weighted by atomic mass is 10.2. The Bertz CT molecular complexity index is 426. The van der Waals surface area contributed by atoms with Gasteiger partial charge in [0.1, 0.15) is 12.4 Å². The van der Waals surface area contributed by atoms with E-state index < -0.39 is 5.97 Å². The summed E-state index contributed by atoms with van der Waals surface area (Å²) in [5.74, 6) is -0.338. The number of carbonyl (C=O) groups is 2. The van der Waals surface area contributed by atoms with Crippen molar-refractivity contribution in [3.05, 3.63) is 18.2 Å². The van der Waals surface area contributed by atoms with Gasteiger partial charge in [-0.1, -0.05) is 12.8 Å². The number of urea groups is 1. The van der Waals surface area contributed by atoms with Crippen molar-refractivity contribution < 1.29 is 14.7 Å². The standard InChI is InChI=1S/C12H18N4O3/c17-11(18)8-16(9-3-1-2-4-9)12(19)15-7-10-13-5-6-14-10/h5-6,9H,1-4,7-8H2,(H,13,14)(H,15,19)(H,17,18). The predicted octanol–water partition coefficient (Wildman–Crippen LogP) is 0.948. The van der Waals surface area contributed by atoms with Gasteiger partial charge in [-0.15, -0.1) is 0 Å². The predicted molar refractivity (Wildman–Crippen MR) is 67.4 cm³/mol. The molecule has 0 unspecified atom stereocenters. The molecule has 19 heavy (non-hydrogen) atoms. The number of hydrogen-bond donors (Lipinski definition) is 3. The molecule has 1 aliphatic rings. The molecule has 0 bridgehead atoms. The summed E-state index contributed by atoms with van der Waals surface area (Å²) in [6, 6.07) is -0.307. The number of carboxylic acid groups (broad SMARTS) is 1. The highest BCUT2D eigenvalue weighted by molar-refractivity contribution is 5.80. The number of aromatic amines is 1. The number of amides is 2. The summed E-state index contributed by atoms with van der Waals surface area (Å²) in [5, 5.41) is 11.6. The van der Waals surface area contributed by atoms with Crippen LogP contribution in [0.15, 0.2) is 12.4 Å². The van der Waals surface area contributed by atoms with Crippen LogP contribution in [0.4, 0.5) is 4.79 Å². The maximum atomic E-state index is 12.1. The molecule has 1 aliphatic carbocycles. The Morgan fingerprint density at radius 3 is 2.79 bits per heavy atom. The van der Waals surface area contributed by atoms with Crippen molar-refractivity contribution >= 4 is 12.0 Å². The Labute approximate surface area is 111 Å². The molecule has 7 heteroatoms. The third-order valence-corrected chi connectivity index (χ3v) is 3.29. The number of carbonyl (C=O) groups excluding carboxylic acids is 1. The van der Waals surface area contributed by atoms with Crippen molar-refractivity contribution in [3.63, 3.8) is 0 Å². The zero-order valence-electron chi connectivity index (χ0n) is 10.6. The molecule has 104 valence electrons. The molecule has 0 aromatic carbocycles. The summed E-state index contributed by atoms with van der Waals surface area (Å²) in [6.07, 6.45) is 7.13. The lowest BCUT2D eigenvalue weighted by Gasteiger charge is -2.27. The monoisotopic (exact) mass is 266 g/mol. The molecule has 0 radical (unpaired) electrons. The van der Waals surface area contributed by atoms with Gasteiger partial charge in [0.25, 0.3) is 0 Å². The molecular weight excluding hydrogens is 248 g/mol. The van der Waals surface area contributed by atoms with Crippen molar-refractivity contribution in [2.24, 2.45) is 0 Å². The largest absolute Gasteiger partial charge is 0.480 e. The highest BCUT2D eigenvalue weighted by Crippen LogP contribution is 2.23. The average Bonchev–Trinajstić information content (AvgIpc) is 3.05. The molecule has 0 aliphatic heterocycles. The van der Waals surface area contributed by atoms with Crippen LogP contribution >= 0.6 is 0 Å². The van der Waals surface area contributed by atoms with E-state index in [-0.39, 0.29) is 25.2 Å². The first kappa shape index (κ1) is 13.4. The van der Waals surface area contributed by atoms with Gasteiger partial charge in [0.15, 0.2) is 0 Å². The van der Waals surface area contributed by atoms with Crippen LogP contribution in [-0.4, -0.2) is 44.6 Å². The third-order valence-electron chi connectivity index (χ3n) is 3.29. The lowest BCUT2D eigenvalue weighted by molar-refractivity contribution is -0.138. The number of nitrogens with one attached hydrogen (secondary N) is 2. The fourth-order valence-electron chi connectivity index (χ4n) is 2.38. The Morgan fingerprint density at radius 2 is 2.21 bits per heavy atom. The first-order chi connectivity index (χ1) is 9.16. The SMILES string of the molecule is O=C(O)CN(C(=O)NCc1ncc[nH]1)C1CCCC1. The van der Waals surface area contributed by atoms with Crippen LogP contribution < -0.4 is 5.32 Å². The Kier molecular flexibility index (Phi) is 4.38. The number of H-pyrrole nitrogens is 1. The highest BCUT2D eigenvalue weighted by atomic mass is 16.4. The minimum absolute atomic E-state index is 0.0349. The van der Waals surface area contributed by atoms with E-state index in [4.69, 9.17) is 5.11 Å². The Hall–Kier alpha value is -2.05. The number of carboxylic acids is 1. The number of rotatable bonds is 5. The first-order valence-corrected chi connectivity index (χ1v) is 6.41. The summed E-state index contributed by atoms with van der Waals surface area (Å²) in [4.78, 5) is 31.2. The molecule has 1 heterocycles. The van der Waals surface area contributed by atoms with Crippen molar-refractivity contribution in [2.45, 2.75) is 38.3 Å². The summed E-state index contributed by atoms with van der Waals surface area (Å²) < 4.78 is 0. The summed E-state index contributed by atoms with van der Waals surface area (Å²) in [5.41, 5.74) is 0. The molecule has 0 saturated heterocycles. The molecule has 1 aromatic rings. The normalized spacial score (nSPS) is 15.4. The zero-order valence-corrected chi connectivity index (χ0v) is 10.6. The van der Waals surface area contributed by atoms with E-state index in [1.807, 2.05) is 0 Å². The minimum atomic E-state index is -0.986. The van der Waals surface area contributed by atoms with Gasteiger partial charge < -0.3 is 20.3 Å². The Morgan fingerprint density at radius 1 is 1.47 bits per heavy atom. The minimum Gasteiger partial charge on any atom is -0.480 e. The lowest BCUT2D eigenvalue weighted by Crippen LogP contribution is -2.47. The maximum absolute atomic E-state index is 12.1. The van der Waals surface area contributed by atoms with E-state index in [2.05, 4.69) is 15.3 Å². The van der Waals surface area contributed by atoms with Gasteiger partial charge in [-0.25, -0.2) is 9.78 Å². The smallest absolute Gasteiger partial charge is 0.323 e. The topological polar surface area (TPSA) is 98.3 Å².